The van der Waals surface area contributed by atoms with Crippen molar-refractivity contribution >= 4 is 32.3 Å². The van der Waals surface area contributed by atoms with Gasteiger partial charge in [0.05, 0.1) is 11.1 Å². The van der Waals surface area contributed by atoms with Gasteiger partial charge >= 0.3 is 0 Å². The van der Waals surface area contributed by atoms with Gasteiger partial charge in [-0.15, -0.1) is 0 Å². The molecule has 2 aliphatic carbocycles. The van der Waals surface area contributed by atoms with Crippen molar-refractivity contribution in [2.45, 2.75) is 64.2 Å². The van der Waals surface area contributed by atoms with Crippen molar-refractivity contribution in [3.63, 3.8) is 0 Å². The molecule has 2 fully saturated rings. The van der Waals surface area contributed by atoms with Crippen LogP contribution in [0.3, 0.4) is 0 Å². The molecule has 37 heavy (non-hydrogen) atoms. The summed E-state index contributed by atoms with van der Waals surface area (Å²) in [5, 5.41) is 7.65. The summed E-state index contributed by atoms with van der Waals surface area (Å²) in [5.74, 6) is 3.60. The molecular formula is C35H33NO. The molecule has 2 heterocycles. The molecule has 2 nitrogen and oxygen atoms in total. The number of pyridine rings is 1. The maximum absolute atomic E-state index is 6.91. The number of nitrogens with zero attached hydrogens (tertiary/aromatic N) is 1. The number of fused-ring (bicyclic) bond motifs is 5. The van der Waals surface area contributed by atoms with E-state index in [0.717, 1.165) is 41.0 Å². The summed E-state index contributed by atoms with van der Waals surface area (Å²) >= 11 is 0. The largest absolute Gasteiger partial charge is 0.456 e. The molecule has 1 aliphatic heterocycles. The molecule has 0 saturated heterocycles. The number of rotatable bonds is 4. The van der Waals surface area contributed by atoms with Gasteiger partial charge in [0.2, 0.25) is 0 Å². The second-order valence-electron chi connectivity index (χ2n) is 11.8. The summed E-state index contributed by atoms with van der Waals surface area (Å²) in [5.41, 5.74) is 5.08. The zero-order valence-electron chi connectivity index (χ0n) is 21.4. The summed E-state index contributed by atoms with van der Waals surface area (Å²) in [7, 11) is 0. The number of ether oxygens (including phenoxy) is 1. The average molecular weight is 484 g/mol. The lowest BCUT2D eigenvalue weighted by atomic mass is 9.87. The van der Waals surface area contributed by atoms with Crippen LogP contribution in [0.5, 0.6) is 11.5 Å². The topological polar surface area (TPSA) is 22.1 Å². The lowest BCUT2D eigenvalue weighted by Gasteiger charge is -2.26. The highest BCUT2D eigenvalue weighted by molar-refractivity contribution is 6.16. The van der Waals surface area contributed by atoms with E-state index in [0.29, 0.717) is 0 Å². The van der Waals surface area contributed by atoms with E-state index in [9.17, 15) is 0 Å². The summed E-state index contributed by atoms with van der Waals surface area (Å²) in [4.78, 5) is 4.99. The van der Waals surface area contributed by atoms with Crippen molar-refractivity contribution < 1.29 is 4.74 Å². The van der Waals surface area contributed by atoms with Crippen molar-refractivity contribution in [3.8, 4) is 22.8 Å². The third-order valence-corrected chi connectivity index (χ3v) is 9.43. The molecule has 0 radical (unpaired) electrons. The predicted octanol–water partition coefficient (Wildman–Crippen LogP) is 9.78. The lowest BCUT2D eigenvalue weighted by molar-refractivity contribution is 0.469. The second-order valence-corrected chi connectivity index (χ2v) is 11.8. The number of benzene rings is 4. The van der Waals surface area contributed by atoms with E-state index >= 15 is 0 Å². The van der Waals surface area contributed by atoms with Crippen molar-refractivity contribution in [2.24, 2.45) is 11.8 Å². The Morgan fingerprint density at radius 2 is 1.46 bits per heavy atom. The van der Waals surface area contributed by atoms with E-state index in [-0.39, 0.29) is 0 Å². The smallest absolute Gasteiger partial charge is 0.140 e. The zero-order chi connectivity index (χ0) is 24.3. The highest BCUT2D eigenvalue weighted by atomic mass is 16.5. The monoisotopic (exact) mass is 483 g/mol. The highest BCUT2D eigenvalue weighted by Crippen LogP contribution is 2.51. The molecule has 4 aromatic carbocycles. The van der Waals surface area contributed by atoms with Crippen LogP contribution in [-0.4, -0.2) is 4.98 Å². The van der Waals surface area contributed by atoms with Crippen LogP contribution in [0, 0.1) is 11.8 Å². The molecule has 0 amide bonds. The Labute approximate surface area is 218 Å². The minimum absolute atomic E-state index is 0.749. The first-order chi connectivity index (χ1) is 18.3. The van der Waals surface area contributed by atoms with Crippen LogP contribution in [0.2, 0.25) is 0 Å². The normalized spacial score (nSPS) is 17.6. The minimum Gasteiger partial charge on any atom is -0.456 e. The zero-order valence-corrected chi connectivity index (χ0v) is 21.4. The molecule has 2 saturated carbocycles. The molecule has 5 aromatic rings. The van der Waals surface area contributed by atoms with E-state index < -0.39 is 0 Å². The van der Waals surface area contributed by atoms with Crippen molar-refractivity contribution in [3.05, 3.63) is 78.0 Å². The average Bonchev–Trinajstić information content (AvgIpc) is 3.64. The Kier molecular flexibility index (Phi) is 5.03. The van der Waals surface area contributed by atoms with E-state index in [4.69, 9.17) is 9.72 Å². The Morgan fingerprint density at radius 1 is 0.703 bits per heavy atom. The molecule has 0 spiro atoms. The van der Waals surface area contributed by atoms with Crippen LogP contribution in [0.4, 0.5) is 0 Å². The van der Waals surface area contributed by atoms with Gasteiger partial charge in [0, 0.05) is 17.3 Å². The van der Waals surface area contributed by atoms with Gasteiger partial charge in [-0.25, -0.2) is 0 Å². The van der Waals surface area contributed by atoms with Crippen LogP contribution in [0.1, 0.15) is 62.5 Å². The molecule has 0 atom stereocenters. The van der Waals surface area contributed by atoms with Crippen molar-refractivity contribution in [1.29, 1.82) is 0 Å². The fraction of sp³-hybridized carbons (Fsp3) is 0.343. The Hall–Kier alpha value is -3.39. The van der Waals surface area contributed by atoms with Gasteiger partial charge in [-0.3, -0.25) is 4.98 Å². The van der Waals surface area contributed by atoms with E-state index in [1.807, 2.05) is 6.20 Å². The fourth-order valence-corrected chi connectivity index (χ4v) is 7.58. The van der Waals surface area contributed by atoms with Crippen molar-refractivity contribution in [1.82, 2.24) is 4.98 Å². The molecule has 0 bridgehead atoms. The predicted molar refractivity (Wildman–Crippen MR) is 154 cm³/mol. The molecule has 0 N–H and O–H groups in total. The van der Waals surface area contributed by atoms with Crippen LogP contribution in [0.15, 0.2) is 66.9 Å². The molecular weight excluding hydrogens is 450 g/mol. The van der Waals surface area contributed by atoms with Gasteiger partial charge < -0.3 is 4.74 Å². The van der Waals surface area contributed by atoms with Crippen LogP contribution < -0.4 is 4.74 Å². The van der Waals surface area contributed by atoms with Gasteiger partial charge in [0.15, 0.2) is 0 Å². The maximum Gasteiger partial charge on any atom is 0.140 e. The summed E-state index contributed by atoms with van der Waals surface area (Å²) < 4.78 is 6.91. The number of aromatic nitrogens is 1. The molecule has 3 aliphatic rings. The van der Waals surface area contributed by atoms with Gasteiger partial charge in [0.25, 0.3) is 0 Å². The van der Waals surface area contributed by atoms with Crippen LogP contribution in [-0.2, 0) is 12.8 Å². The van der Waals surface area contributed by atoms with Crippen molar-refractivity contribution in [2.75, 3.05) is 0 Å². The molecule has 2 heteroatoms. The van der Waals surface area contributed by atoms with E-state index in [1.165, 1.54) is 101 Å². The number of hydrogen-bond donors (Lipinski definition) is 0. The highest BCUT2D eigenvalue weighted by Gasteiger charge is 2.28. The Balaban J connectivity index is 1.33. The quantitative estimate of drug-likeness (QED) is 0.233. The van der Waals surface area contributed by atoms with Gasteiger partial charge in [-0.1, -0.05) is 93.8 Å². The summed E-state index contributed by atoms with van der Waals surface area (Å²) in [6, 6.07) is 22.7. The SMILES string of the molecule is c1ccc2c(CC3CCCC3)c3c(cc2c1)-c1nccc2c1c(cc1ccc(CC4CCCC4)cc12)O3. The molecule has 1 aromatic heterocycles. The minimum atomic E-state index is 0.749. The first kappa shape index (κ1) is 21.7. The van der Waals surface area contributed by atoms with Gasteiger partial charge in [-0.2, -0.15) is 0 Å². The third kappa shape index (κ3) is 3.56. The standard InChI is InChI=1S/C35H33NO/c1-2-8-22(7-1)17-24-13-14-26-21-32-33-28(29(26)19-24)15-16-36-34(33)31-20-25-11-5-6-12-27(25)30(35(31)37-32)18-23-9-3-4-10-23/h5-6,11-16,19-23H,1-4,7-10,17-18H2. The van der Waals surface area contributed by atoms with E-state index in [2.05, 4.69) is 60.7 Å². The molecule has 8 rings (SSSR count). The van der Waals surface area contributed by atoms with Crippen LogP contribution >= 0.6 is 0 Å². The Bertz CT molecular complexity index is 1670. The third-order valence-electron chi connectivity index (χ3n) is 9.43. The first-order valence-corrected chi connectivity index (χ1v) is 14.4. The first-order valence-electron chi connectivity index (χ1n) is 14.4. The number of hydrogen-bond acceptors (Lipinski definition) is 2. The summed E-state index contributed by atoms with van der Waals surface area (Å²) in [6.45, 7) is 0. The Morgan fingerprint density at radius 3 is 2.30 bits per heavy atom. The second kappa shape index (κ2) is 8.58. The van der Waals surface area contributed by atoms with Gasteiger partial charge in [0.1, 0.15) is 11.5 Å². The van der Waals surface area contributed by atoms with Crippen LogP contribution in [0.25, 0.3) is 43.6 Å². The fourth-order valence-electron chi connectivity index (χ4n) is 7.58. The maximum atomic E-state index is 6.91. The molecule has 184 valence electrons. The van der Waals surface area contributed by atoms with E-state index in [1.54, 1.807) is 0 Å². The summed E-state index contributed by atoms with van der Waals surface area (Å²) in [6.07, 6.45) is 15.2. The van der Waals surface area contributed by atoms with Gasteiger partial charge in [-0.05, 0) is 75.4 Å². The molecule has 0 unspecified atom stereocenters. The lowest BCUT2D eigenvalue weighted by Crippen LogP contribution is -2.07.